The third-order valence-electron chi connectivity index (χ3n) is 6.67. The second kappa shape index (κ2) is 7.76. The number of nitrogens with one attached hydrogen (secondary N) is 1. The maximum atomic E-state index is 10.6. The molecule has 2 N–H and O–H groups in total. The number of phenols is 1. The summed E-state index contributed by atoms with van der Waals surface area (Å²) >= 11 is 0. The van der Waals surface area contributed by atoms with Gasteiger partial charge >= 0.3 is 0 Å². The minimum absolute atomic E-state index is 0.223. The van der Waals surface area contributed by atoms with Crippen LogP contribution in [0.15, 0.2) is 48.7 Å². The minimum Gasteiger partial charge on any atom is -0.507 e. The molecule has 0 saturated carbocycles. The van der Waals surface area contributed by atoms with Gasteiger partial charge in [-0.25, -0.2) is 0 Å². The van der Waals surface area contributed by atoms with Crippen LogP contribution in [-0.4, -0.2) is 59.0 Å². The van der Waals surface area contributed by atoms with Gasteiger partial charge in [-0.15, -0.1) is 10.2 Å². The van der Waals surface area contributed by atoms with E-state index in [1.807, 2.05) is 31.3 Å². The van der Waals surface area contributed by atoms with Gasteiger partial charge in [0.05, 0.1) is 5.69 Å². The summed E-state index contributed by atoms with van der Waals surface area (Å²) in [5.41, 5.74) is 3.47. The number of fused-ring (bicyclic) bond motifs is 2. The summed E-state index contributed by atoms with van der Waals surface area (Å²) in [7, 11) is 4.16. The second-order valence-corrected chi connectivity index (χ2v) is 8.81. The summed E-state index contributed by atoms with van der Waals surface area (Å²) in [5, 5.41) is 23.2. The van der Waals surface area contributed by atoms with E-state index in [9.17, 15) is 5.11 Å². The maximum Gasteiger partial charge on any atom is 0.151 e. The van der Waals surface area contributed by atoms with Crippen LogP contribution in [0.5, 0.6) is 5.75 Å². The van der Waals surface area contributed by atoms with E-state index >= 15 is 0 Å². The molecule has 2 aromatic rings. The molecule has 1 unspecified atom stereocenters. The number of rotatable bonds is 4. The smallest absolute Gasteiger partial charge is 0.151 e. The van der Waals surface area contributed by atoms with E-state index in [1.54, 1.807) is 6.07 Å². The lowest BCUT2D eigenvalue weighted by molar-refractivity contribution is 0.353. The van der Waals surface area contributed by atoms with Gasteiger partial charge in [0.25, 0.3) is 0 Å². The molecule has 2 fully saturated rings. The summed E-state index contributed by atoms with van der Waals surface area (Å²) in [4.78, 5) is 4.39. The summed E-state index contributed by atoms with van der Waals surface area (Å²) < 4.78 is 0. The lowest BCUT2D eigenvalue weighted by Crippen LogP contribution is -2.47. The number of hydrogen-bond donors (Lipinski definition) is 2. The molecule has 3 aliphatic rings. The number of anilines is 1. The van der Waals surface area contributed by atoms with E-state index in [2.05, 4.69) is 50.7 Å². The SMILES string of the molecule is CN1C=C(c2ccc(-c3ccc(N(C)C4C[C@H]5CC[C@@H](C4)N5)nn3)c(O)c2)C=CC1. The Labute approximate surface area is 177 Å². The lowest BCUT2D eigenvalue weighted by atomic mass is 9.98. The van der Waals surface area contributed by atoms with E-state index < -0.39 is 0 Å². The molecule has 2 saturated heterocycles. The van der Waals surface area contributed by atoms with Crippen LogP contribution in [0.3, 0.4) is 0 Å². The predicted octanol–water partition coefficient (Wildman–Crippen LogP) is 3.41. The van der Waals surface area contributed by atoms with Crippen LogP contribution in [0, 0.1) is 0 Å². The van der Waals surface area contributed by atoms with Crippen LogP contribution >= 0.6 is 0 Å². The molecular weight excluding hydrogens is 374 g/mol. The van der Waals surface area contributed by atoms with Crippen molar-refractivity contribution in [1.29, 1.82) is 0 Å². The van der Waals surface area contributed by atoms with Gasteiger partial charge < -0.3 is 20.2 Å². The largest absolute Gasteiger partial charge is 0.507 e. The topological polar surface area (TPSA) is 64.5 Å². The molecule has 30 heavy (non-hydrogen) atoms. The molecule has 0 radical (unpaired) electrons. The number of aromatic nitrogens is 2. The number of benzene rings is 1. The third kappa shape index (κ3) is 3.67. The van der Waals surface area contributed by atoms with Gasteiger partial charge in [0.1, 0.15) is 5.75 Å². The fraction of sp³-hybridized carbons (Fsp3) is 0.417. The van der Waals surface area contributed by atoms with E-state index in [1.165, 1.54) is 12.8 Å². The Hall–Kier alpha value is -2.86. The Kier molecular flexibility index (Phi) is 4.95. The molecule has 3 aliphatic heterocycles. The summed E-state index contributed by atoms with van der Waals surface area (Å²) in [6.07, 6.45) is 11.2. The van der Waals surface area contributed by atoms with Crippen LogP contribution in [-0.2, 0) is 0 Å². The number of hydrogen-bond acceptors (Lipinski definition) is 6. The van der Waals surface area contributed by atoms with Crippen LogP contribution in [0.4, 0.5) is 5.82 Å². The number of allylic oxidation sites excluding steroid dienone is 2. The van der Waals surface area contributed by atoms with E-state index in [0.717, 1.165) is 36.3 Å². The number of aromatic hydroxyl groups is 1. The molecule has 156 valence electrons. The van der Waals surface area contributed by atoms with Gasteiger partial charge in [-0.1, -0.05) is 18.2 Å². The van der Waals surface area contributed by atoms with Crippen molar-refractivity contribution in [2.24, 2.45) is 0 Å². The fourth-order valence-corrected chi connectivity index (χ4v) is 4.97. The van der Waals surface area contributed by atoms with Gasteiger partial charge in [-0.05, 0) is 61.1 Å². The Morgan fingerprint density at radius 1 is 1.10 bits per heavy atom. The molecule has 0 spiro atoms. The fourth-order valence-electron chi connectivity index (χ4n) is 4.97. The van der Waals surface area contributed by atoms with E-state index in [0.29, 0.717) is 29.4 Å². The Morgan fingerprint density at radius 3 is 2.57 bits per heavy atom. The molecular formula is C24H29N5O. The van der Waals surface area contributed by atoms with Crippen LogP contribution in [0.25, 0.3) is 16.8 Å². The highest BCUT2D eigenvalue weighted by Gasteiger charge is 2.35. The minimum atomic E-state index is 0.223. The average molecular weight is 404 g/mol. The zero-order chi connectivity index (χ0) is 20.7. The van der Waals surface area contributed by atoms with Crippen molar-refractivity contribution in [3.8, 4) is 17.0 Å². The zero-order valence-electron chi connectivity index (χ0n) is 17.6. The van der Waals surface area contributed by atoms with Crippen molar-refractivity contribution in [1.82, 2.24) is 20.4 Å². The second-order valence-electron chi connectivity index (χ2n) is 8.81. The van der Waals surface area contributed by atoms with Crippen molar-refractivity contribution in [3.05, 3.63) is 54.2 Å². The molecule has 0 amide bonds. The van der Waals surface area contributed by atoms with Crippen LogP contribution < -0.4 is 10.2 Å². The normalized spacial score (nSPS) is 25.3. The molecule has 1 aromatic carbocycles. The first-order valence-corrected chi connectivity index (χ1v) is 10.8. The molecule has 6 nitrogen and oxygen atoms in total. The molecule has 6 heteroatoms. The highest BCUT2D eigenvalue weighted by atomic mass is 16.3. The highest BCUT2D eigenvalue weighted by molar-refractivity contribution is 5.78. The number of likely N-dealkylation sites (N-methyl/N-ethyl adjacent to an activating group) is 1. The van der Waals surface area contributed by atoms with Crippen molar-refractivity contribution in [2.75, 3.05) is 25.5 Å². The molecule has 0 aliphatic carbocycles. The van der Waals surface area contributed by atoms with Gasteiger partial charge in [0.15, 0.2) is 5.82 Å². The molecule has 5 rings (SSSR count). The van der Waals surface area contributed by atoms with Crippen molar-refractivity contribution in [3.63, 3.8) is 0 Å². The first-order chi connectivity index (χ1) is 14.6. The predicted molar refractivity (Wildman–Crippen MR) is 120 cm³/mol. The Morgan fingerprint density at radius 2 is 1.90 bits per heavy atom. The first-order valence-electron chi connectivity index (χ1n) is 10.8. The quantitative estimate of drug-likeness (QED) is 0.816. The van der Waals surface area contributed by atoms with Crippen molar-refractivity contribution >= 4 is 11.4 Å². The third-order valence-corrected chi connectivity index (χ3v) is 6.67. The van der Waals surface area contributed by atoms with E-state index in [-0.39, 0.29) is 5.75 Å². The Balaban J connectivity index is 1.33. The zero-order valence-corrected chi connectivity index (χ0v) is 17.6. The van der Waals surface area contributed by atoms with Gasteiger partial charge in [0.2, 0.25) is 0 Å². The van der Waals surface area contributed by atoms with Crippen molar-refractivity contribution in [2.45, 2.75) is 43.8 Å². The standard InChI is InChI=1S/C24H29N5O/c1-28-11-3-4-17(15-28)16-5-8-21(23(30)12-16)22-9-10-24(27-26-22)29(2)20-13-18-6-7-19(14-20)25-18/h3-5,8-10,12,15,18-20,25,30H,6-7,11,13-14H2,1-2H3/t18-,19+,20?. The van der Waals surface area contributed by atoms with Crippen molar-refractivity contribution < 1.29 is 5.11 Å². The summed E-state index contributed by atoms with van der Waals surface area (Å²) in [5.74, 6) is 1.11. The van der Waals surface area contributed by atoms with Crippen LogP contribution in [0.1, 0.15) is 31.2 Å². The van der Waals surface area contributed by atoms with Gasteiger partial charge in [-0.2, -0.15) is 0 Å². The van der Waals surface area contributed by atoms with Gasteiger partial charge in [0, 0.05) is 50.5 Å². The maximum absolute atomic E-state index is 10.6. The first kappa shape index (κ1) is 19.1. The molecule has 4 heterocycles. The summed E-state index contributed by atoms with van der Waals surface area (Å²) in [6.45, 7) is 0.905. The molecule has 3 atom stereocenters. The van der Waals surface area contributed by atoms with E-state index in [4.69, 9.17) is 0 Å². The Bertz CT molecular complexity index is 972. The number of phenolic OH excluding ortho intramolecular Hbond substituents is 1. The van der Waals surface area contributed by atoms with Gasteiger partial charge in [-0.3, -0.25) is 0 Å². The van der Waals surface area contributed by atoms with Crippen LogP contribution in [0.2, 0.25) is 0 Å². The lowest BCUT2D eigenvalue weighted by Gasteiger charge is -2.36. The summed E-state index contributed by atoms with van der Waals surface area (Å²) in [6, 6.07) is 11.5. The average Bonchev–Trinajstić information content (AvgIpc) is 3.10. The molecule has 1 aromatic heterocycles. The highest BCUT2D eigenvalue weighted by Crippen LogP contribution is 2.33. The molecule has 2 bridgehead atoms. The number of piperidine rings is 1. The number of nitrogens with zero attached hydrogens (tertiary/aromatic N) is 4. The monoisotopic (exact) mass is 403 g/mol.